The Kier molecular flexibility index (Phi) is 7.57. The highest BCUT2D eigenvalue weighted by atomic mass is 32.2. The van der Waals surface area contributed by atoms with Crippen molar-refractivity contribution in [2.75, 3.05) is 30.4 Å². The van der Waals surface area contributed by atoms with Gasteiger partial charge in [0.15, 0.2) is 0 Å². The van der Waals surface area contributed by atoms with Gasteiger partial charge in [-0.25, -0.2) is 13.2 Å². The van der Waals surface area contributed by atoms with Crippen LogP contribution in [0.1, 0.15) is 21.5 Å². The van der Waals surface area contributed by atoms with Crippen molar-refractivity contribution in [3.63, 3.8) is 0 Å². The van der Waals surface area contributed by atoms with Crippen LogP contribution < -0.4 is 14.4 Å². The quantitative estimate of drug-likeness (QED) is 0.488. The monoisotopic (exact) mass is 482 g/mol. The maximum Gasteiger partial charge on any atom is 0.337 e. The molecule has 3 aromatic carbocycles. The molecule has 0 aliphatic carbocycles. The number of aryl methyl sites for hydroxylation is 2. The van der Waals surface area contributed by atoms with Gasteiger partial charge in [0.1, 0.15) is 17.2 Å². The smallest absolute Gasteiger partial charge is 0.337 e. The Morgan fingerprint density at radius 3 is 2.09 bits per heavy atom. The standard InChI is InChI=1S/C25H26N2O6S/c1-17-5-12-21(13-6-17)27(34(30,31)23-15-18(2)7-14-22(23)32-3)16-24(28)26-20-10-8-19(9-11-20)25(29)33-4/h5-15H,16H2,1-4H3,(H,26,28). The van der Waals surface area contributed by atoms with Crippen LogP contribution in [0.25, 0.3) is 0 Å². The Morgan fingerprint density at radius 1 is 0.882 bits per heavy atom. The Labute approximate surface area is 199 Å². The molecule has 1 N–H and O–H groups in total. The zero-order chi connectivity index (χ0) is 24.9. The number of carbonyl (C=O) groups is 2. The van der Waals surface area contributed by atoms with E-state index >= 15 is 0 Å². The molecule has 3 rings (SSSR count). The van der Waals surface area contributed by atoms with E-state index in [-0.39, 0.29) is 10.6 Å². The van der Waals surface area contributed by atoms with Crippen LogP contribution in [0.4, 0.5) is 11.4 Å². The molecule has 0 aliphatic heterocycles. The summed E-state index contributed by atoms with van der Waals surface area (Å²) < 4.78 is 38.4. The van der Waals surface area contributed by atoms with Crippen LogP contribution in [0, 0.1) is 13.8 Å². The molecule has 0 bridgehead atoms. The first-order valence-corrected chi connectivity index (χ1v) is 11.8. The third-order valence-electron chi connectivity index (χ3n) is 5.09. The second-order valence-electron chi connectivity index (χ2n) is 7.62. The predicted molar refractivity (Wildman–Crippen MR) is 130 cm³/mol. The number of carbonyl (C=O) groups excluding carboxylic acids is 2. The van der Waals surface area contributed by atoms with E-state index in [2.05, 4.69) is 10.1 Å². The molecule has 34 heavy (non-hydrogen) atoms. The molecular formula is C25H26N2O6S. The number of rotatable bonds is 8. The average Bonchev–Trinajstić information content (AvgIpc) is 2.83. The van der Waals surface area contributed by atoms with Crippen molar-refractivity contribution in [2.45, 2.75) is 18.7 Å². The minimum atomic E-state index is -4.15. The van der Waals surface area contributed by atoms with Gasteiger partial charge in [-0.2, -0.15) is 0 Å². The van der Waals surface area contributed by atoms with Crippen LogP contribution in [-0.4, -0.2) is 41.1 Å². The normalized spacial score (nSPS) is 10.9. The molecule has 0 saturated carbocycles. The molecule has 0 atom stereocenters. The molecule has 178 valence electrons. The van der Waals surface area contributed by atoms with Gasteiger partial charge in [-0.3, -0.25) is 9.10 Å². The van der Waals surface area contributed by atoms with Crippen molar-refractivity contribution in [1.82, 2.24) is 0 Å². The second-order valence-corrected chi connectivity index (χ2v) is 9.45. The molecule has 0 aromatic heterocycles. The fourth-order valence-corrected chi connectivity index (χ4v) is 4.93. The number of hydrogen-bond donors (Lipinski definition) is 1. The van der Waals surface area contributed by atoms with Gasteiger partial charge in [0, 0.05) is 5.69 Å². The third-order valence-corrected chi connectivity index (χ3v) is 6.88. The van der Waals surface area contributed by atoms with Gasteiger partial charge in [0.2, 0.25) is 5.91 Å². The highest BCUT2D eigenvalue weighted by Crippen LogP contribution is 2.31. The van der Waals surface area contributed by atoms with Crippen molar-refractivity contribution in [1.29, 1.82) is 0 Å². The van der Waals surface area contributed by atoms with Crippen LogP contribution >= 0.6 is 0 Å². The first-order chi connectivity index (χ1) is 16.1. The van der Waals surface area contributed by atoms with Gasteiger partial charge in [-0.05, 0) is 67.9 Å². The number of esters is 1. The predicted octanol–water partition coefficient (Wildman–Crippen LogP) is 3.93. The molecule has 0 aliphatic rings. The maximum absolute atomic E-state index is 13.7. The Hall–Kier alpha value is -3.85. The maximum atomic E-state index is 13.7. The first-order valence-electron chi connectivity index (χ1n) is 10.4. The molecule has 0 spiro atoms. The van der Waals surface area contributed by atoms with Gasteiger partial charge in [-0.15, -0.1) is 0 Å². The molecule has 9 heteroatoms. The van der Waals surface area contributed by atoms with Crippen molar-refractivity contribution in [3.05, 3.63) is 83.4 Å². The number of amides is 1. The molecule has 0 heterocycles. The van der Waals surface area contributed by atoms with Crippen LogP contribution in [0.15, 0.2) is 71.6 Å². The molecule has 0 saturated heterocycles. The summed E-state index contributed by atoms with van der Waals surface area (Å²) >= 11 is 0. The van der Waals surface area contributed by atoms with Gasteiger partial charge >= 0.3 is 5.97 Å². The minimum absolute atomic E-state index is 0.0363. The zero-order valence-corrected chi connectivity index (χ0v) is 20.2. The average molecular weight is 483 g/mol. The van der Waals surface area contributed by atoms with E-state index in [4.69, 9.17) is 4.74 Å². The van der Waals surface area contributed by atoms with Crippen LogP contribution in [0.5, 0.6) is 5.75 Å². The molecule has 1 amide bonds. The summed E-state index contributed by atoms with van der Waals surface area (Å²) in [5.74, 6) is -0.871. The lowest BCUT2D eigenvalue weighted by Gasteiger charge is -2.25. The van der Waals surface area contributed by atoms with Gasteiger partial charge < -0.3 is 14.8 Å². The van der Waals surface area contributed by atoms with E-state index in [1.165, 1.54) is 32.4 Å². The van der Waals surface area contributed by atoms with Crippen LogP contribution in [0.3, 0.4) is 0 Å². The summed E-state index contributed by atoms with van der Waals surface area (Å²) in [4.78, 5) is 24.5. The topological polar surface area (TPSA) is 102 Å². The number of anilines is 2. The summed E-state index contributed by atoms with van der Waals surface area (Å²) in [6.07, 6.45) is 0. The van der Waals surface area contributed by atoms with E-state index in [0.717, 1.165) is 15.4 Å². The van der Waals surface area contributed by atoms with Gasteiger partial charge in [0.25, 0.3) is 10.0 Å². The van der Waals surface area contributed by atoms with Crippen LogP contribution in [-0.2, 0) is 19.6 Å². The molecule has 3 aromatic rings. The summed E-state index contributed by atoms with van der Waals surface area (Å²) in [5, 5.41) is 2.67. The lowest BCUT2D eigenvalue weighted by atomic mass is 10.2. The highest BCUT2D eigenvalue weighted by molar-refractivity contribution is 7.93. The number of nitrogens with zero attached hydrogens (tertiary/aromatic N) is 1. The Morgan fingerprint density at radius 2 is 1.50 bits per heavy atom. The van der Waals surface area contributed by atoms with E-state index in [1.54, 1.807) is 55.5 Å². The molecule has 0 fully saturated rings. The van der Waals surface area contributed by atoms with E-state index in [9.17, 15) is 18.0 Å². The Bertz CT molecular complexity index is 1290. The van der Waals surface area contributed by atoms with E-state index < -0.39 is 28.4 Å². The Balaban J connectivity index is 1.94. The summed E-state index contributed by atoms with van der Waals surface area (Å²) in [5.41, 5.74) is 2.76. The number of ether oxygens (including phenoxy) is 2. The molecule has 0 radical (unpaired) electrons. The zero-order valence-electron chi connectivity index (χ0n) is 19.4. The van der Waals surface area contributed by atoms with E-state index in [1.807, 2.05) is 6.92 Å². The van der Waals surface area contributed by atoms with Crippen molar-refractivity contribution in [2.24, 2.45) is 0 Å². The first kappa shape index (κ1) is 24.8. The summed E-state index contributed by atoms with van der Waals surface area (Å²) in [6, 6.07) is 17.8. The van der Waals surface area contributed by atoms with Crippen molar-refractivity contribution in [3.8, 4) is 5.75 Å². The number of benzene rings is 3. The molecule has 8 nitrogen and oxygen atoms in total. The van der Waals surface area contributed by atoms with Gasteiger partial charge in [0.05, 0.1) is 25.5 Å². The summed E-state index contributed by atoms with van der Waals surface area (Å²) in [7, 11) is -1.48. The number of sulfonamides is 1. The number of nitrogens with one attached hydrogen (secondary N) is 1. The number of methoxy groups -OCH3 is 2. The molecule has 0 unspecified atom stereocenters. The van der Waals surface area contributed by atoms with Gasteiger partial charge in [-0.1, -0.05) is 23.8 Å². The summed E-state index contributed by atoms with van der Waals surface area (Å²) in [6.45, 7) is 3.19. The lowest BCUT2D eigenvalue weighted by Crippen LogP contribution is -2.38. The lowest BCUT2D eigenvalue weighted by molar-refractivity contribution is -0.114. The third kappa shape index (κ3) is 5.55. The minimum Gasteiger partial charge on any atom is -0.495 e. The van der Waals surface area contributed by atoms with Crippen LogP contribution in [0.2, 0.25) is 0 Å². The SMILES string of the molecule is COC(=O)c1ccc(NC(=O)CN(c2ccc(C)cc2)S(=O)(=O)c2cc(C)ccc2OC)cc1. The second kappa shape index (κ2) is 10.4. The number of hydrogen-bond acceptors (Lipinski definition) is 6. The fourth-order valence-electron chi connectivity index (χ4n) is 3.27. The molecular weight excluding hydrogens is 456 g/mol. The fraction of sp³-hybridized carbons (Fsp3) is 0.200. The van der Waals surface area contributed by atoms with Crippen molar-refractivity contribution < 1.29 is 27.5 Å². The van der Waals surface area contributed by atoms with Crippen molar-refractivity contribution >= 4 is 33.3 Å². The van der Waals surface area contributed by atoms with E-state index in [0.29, 0.717) is 16.9 Å². The largest absolute Gasteiger partial charge is 0.495 e. The highest BCUT2D eigenvalue weighted by Gasteiger charge is 2.30.